The summed E-state index contributed by atoms with van der Waals surface area (Å²) in [6.45, 7) is 2.06. The second kappa shape index (κ2) is 7.41. The number of esters is 1. The van der Waals surface area contributed by atoms with E-state index in [-0.39, 0.29) is 21.4 Å². The zero-order valence-electron chi connectivity index (χ0n) is 12.3. The van der Waals surface area contributed by atoms with Crippen LogP contribution in [0.25, 0.3) is 0 Å². The smallest absolute Gasteiger partial charge is 0.339 e. The number of hydrogen-bond acceptors (Lipinski definition) is 5. The zero-order chi connectivity index (χ0) is 16.2. The van der Waals surface area contributed by atoms with Gasteiger partial charge in [-0.25, -0.2) is 17.9 Å². The third-order valence-electron chi connectivity index (χ3n) is 3.60. The van der Waals surface area contributed by atoms with E-state index in [1.165, 1.54) is 25.3 Å². The van der Waals surface area contributed by atoms with Crippen molar-refractivity contribution >= 4 is 27.6 Å². The van der Waals surface area contributed by atoms with Gasteiger partial charge in [0.2, 0.25) is 10.0 Å². The van der Waals surface area contributed by atoms with Gasteiger partial charge < -0.3 is 10.1 Å². The van der Waals surface area contributed by atoms with Crippen molar-refractivity contribution in [1.82, 2.24) is 10.0 Å². The quantitative estimate of drug-likeness (QED) is 0.787. The normalized spacial score (nSPS) is 18.9. The molecule has 1 unspecified atom stereocenters. The Kier molecular flexibility index (Phi) is 5.80. The number of piperidine rings is 1. The van der Waals surface area contributed by atoms with Crippen molar-refractivity contribution < 1.29 is 17.9 Å². The number of carbonyl (C=O) groups excluding carboxylic acids is 1. The van der Waals surface area contributed by atoms with E-state index in [0.717, 1.165) is 25.9 Å². The minimum absolute atomic E-state index is 0.0267. The van der Waals surface area contributed by atoms with Crippen molar-refractivity contribution in [2.45, 2.75) is 17.7 Å². The van der Waals surface area contributed by atoms with Crippen molar-refractivity contribution in [3.8, 4) is 0 Å². The minimum Gasteiger partial charge on any atom is -0.465 e. The monoisotopic (exact) mass is 346 g/mol. The molecule has 1 atom stereocenters. The number of hydrogen-bond donors (Lipinski definition) is 2. The van der Waals surface area contributed by atoms with Crippen LogP contribution in [0.1, 0.15) is 23.2 Å². The van der Waals surface area contributed by atoms with Crippen molar-refractivity contribution in [2.24, 2.45) is 5.92 Å². The Labute approximate surface area is 135 Å². The van der Waals surface area contributed by atoms with Crippen LogP contribution >= 0.6 is 11.6 Å². The van der Waals surface area contributed by atoms with Crippen LogP contribution in [0.3, 0.4) is 0 Å². The third kappa shape index (κ3) is 4.19. The number of nitrogens with one attached hydrogen (secondary N) is 2. The maximum atomic E-state index is 12.5. The third-order valence-corrected chi connectivity index (χ3v) is 5.30. The lowest BCUT2D eigenvalue weighted by Gasteiger charge is -2.23. The van der Waals surface area contributed by atoms with Gasteiger partial charge >= 0.3 is 5.97 Å². The average molecular weight is 347 g/mol. The molecule has 0 aliphatic carbocycles. The molecule has 0 amide bonds. The van der Waals surface area contributed by atoms with Crippen LogP contribution in [-0.4, -0.2) is 41.1 Å². The SMILES string of the molecule is COC(=O)c1ccc(Cl)cc1S(=O)(=O)NCC1CCCNC1. The van der Waals surface area contributed by atoms with Gasteiger partial charge in [0.15, 0.2) is 0 Å². The molecule has 1 aromatic rings. The molecular formula is C14H19ClN2O4S. The Balaban J connectivity index is 2.20. The number of methoxy groups -OCH3 is 1. The average Bonchev–Trinajstić information content (AvgIpc) is 2.53. The first kappa shape index (κ1) is 17.2. The largest absolute Gasteiger partial charge is 0.465 e. The first-order chi connectivity index (χ1) is 10.4. The van der Waals surface area contributed by atoms with E-state index < -0.39 is 16.0 Å². The van der Waals surface area contributed by atoms with Gasteiger partial charge in [-0.3, -0.25) is 0 Å². The van der Waals surface area contributed by atoms with E-state index in [2.05, 4.69) is 14.8 Å². The fourth-order valence-electron chi connectivity index (χ4n) is 2.40. The molecule has 1 aromatic carbocycles. The van der Waals surface area contributed by atoms with Crippen LogP contribution in [0.5, 0.6) is 0 Å². The molecule has 1 heterocycles. The highest BCUT2D eigenvalue weighted by atomic mass is 35.5. The Morgan fingerprint density at radius 2 is 2.27 bits per heavy atom. The van der Waals surface area contributed by atoms with E-state index in [9.17, 15) is 13.2 Å². The summed E-state index contributed by atoms with van der Waals surface area (Å²) in [4.78, 5) is 11.6. The number of carbonyl (C=O) groups is 1. The molecule has 1 aliphatic heterocycles. The maximum absolute atomic E-state index is 12.5. The zero-order valence-corrected chi connectivity index (χ0v) is 13.8. The molecule has 1 aliphatic rings. The van der Waals surface area contributed by atoms with E-state index in [1.54, 1.807) is 0 Å². The molecule has 6 nitrogen and oxygen atoms in total. The molecule has 0 aromatic heterocycles. The Bertz CT molecular complexity index is 642. The van der Waals surface area contributed by atoms with Gasteiger partial charge in [0, 0.05) is 11.6 Å². The lowest BCUT2D eigenvalue weighted by molar-refractivity contribution is 0.0596. The second-order valence-electron chi connectivity index (χ2n) is 5.20. The van der Waals surface area contributed by atoms with E-state index >= 15 is 0 Å². The fraction of sp³-hybridized carbons (Fsp3) is 0.500. The molecule has 1 saturated heterocycles. The van der Waals surface area contributed by atoms with Crippen molar-refractivity contribution in [1.29, 1.82) is 0 Å². The highest BCUT2D eigenvalue weighted by molar-refractivity contribution is 7.89. The van der Waals surface area contributed by atoms with Crippen LogP contribution in [0.4, 0.5) is 0 Å². The maximum Gasteiger partial charge on any atom is 0.339 e. The highest BCUT2D eigenvalue weighted by Gasteiger charge is 2.24. The number of rotatable bonds is 5. The second-order valence-corrected chi connectivity index (χ2v) is 7.37. The summed E-state index contributed by atoms with van der Waals surface area (Å²) in [7, 11) is -2.63. The summed E-state index contributed by atoms with van der Waals surface area (Å²) in [6.07, 6.45) is 1.99. The van der Waals surface area contributed by atoms with Gasteiger partial charge in [-0.05, 0) is 50.0 Å². The molecule has 8 heteroatoms. The fourth-order valence-corrected chi connectivity index (χ4v) is 3.97. The van der Waals surface area contributed by atoms with Crippen LogP contribution in [0.2, 0.25) is 5.02 Å². The first-order valence-corrected chi connectivity index (χ1v) is 8.88. The summed E-state index contributed by atoms with van der Waals surface area (Å²) in [5.41, 5.74) is -0.0267. The predicted octanol–water partition coefficient (Wildman–Crippen LogP) is 1.40. The standard InChI is InChI=1S/C14H19ClN2O4S/c1-21-14(18)12-5-4-11(15)7-13(12)22(19,20)17-9-10-3-2-6-16-8-10/h4-5,7,10,16-17H,2-3,6,8-9H2,1H3. The van der Waals surface area contributed by atoms with E-state index in [4.69, 9.17) is 11.6 Å². The summed E-state index contributed by atoms with van der Waals surface area (Å²) >= 11 is 5.87. The number of ether oxygens (including phenoxy) is 1. The predicted molar refractivity (Wildman–Crippen MR) is 83.6 cm³/mol. The minimum atomic E-state index is -3.83. The number of sulfonamides is 1. The van der Waals surface area contributed by atoms with Crippen LogP contribution in [0.15, 0.2) is 23.1 Å². The number of benzene rings is 1. The van der Waals surface area contributed by atoms with Gasteiger partial charge in [0.25, 0.3) is 0 Å². The lowest BCUT2D eigenvalue weighted by Crippen LogP contribution is -2.38. The Morgan fingerprint density at radius 3 is 2.91 bits per heavy atom. The summed E-state index contributed by atoms with van der Waals surface area (Å²) in [6, 6.07) is 4.07. The topological polar surface area (TPSA) is 84.5 Å². The summed E-state index contributed by atoms with van der Waals surface area (Å²) < 4.78 is 32.1. The Morgan fingerprint density at radius 1 is 1.50 bits per heavy atom. The molecule has 2 rings (SSSR count). The van der Waals surface area contributed by atoms with E-state index in [1.807, 2.05) is 0 Å². The van der Waals surface area contributed by atoms with Gasteiger partial charge in [0.1, 0.15) is 0 Å². The first-order valence-electron chi connectivity index (χ1n) is 7.02. The summed E-state index contributed by atoms with van der Waals surface area (Å²) in [5, 5.41) is 3.47. The number of halogens is 1. The van der Waals surface area contributed by atoms with Gasteiger partial charge in [-0.1, -0.05) is 11.6 Å². The van der Waals surface area contributed by atoms with Crippen molar-refractivity contribution in [3.05, 3.63) is 28.8 Å². The highest BCUT2D eigenvalue weighted by Crippen LogP contribution is 2.22. The van der Waals surface area contributed by atoms with E-state index in [0.29, 0.717) is 6.54 Å². The summed E-state index contributed by atoms with van der Waals surface area (Å²) in [5.74, 6) is -0.472. The van der Waals surface area contributed by atoms with Crippen LogP contribution in [-0.2, 0) is 14.8 Å². The molecule has 22 heavy (non-hydrogen) atoms. The van der Waals surface area contributed by atoms with Crippen LogP contribution < -0.4 is 10.0 Å². The molecule has 1 fully saturated rings. The van der Waals surface area contributed by atoms with Crippen LogP contribution in [0, 0.1) is 5.92 Å². The van der Waals surface area contributed by atoms with Crippen molar-refractivity contribution in [2.75, 3.05) is 26.7 Å². The van der Waals surface area contributed by atoms with Gasteiger partial charge in [-0.2, -0.15) is 0 Å². The molecule has 0 bridgehead atoms. The molecular weight excluding hydrogens is 328 g/mol. The molecule has 0 spiro atoms. The molecule has 0 radical (unpaired) electrons. The molecule has 0 saturated carbocycles. The molecule has 122 valence electrons. The lowest BCUT2D eigenvalue weighted by atomic mass is 10.0. The molecule has 2 N–H and O–H groups in total. The van der Waals surface area contributed by atoms with Gasteiger partial charge in [-0.15, -0.1) is 0 Å². The van der Waals surface area contributed by atoms with Gasteiger partial charge in [0.05, 0.1) is 17.6 Å². The van der Waals surface area contributed by atoms with Crippen molar-refractivity contribution in [3.63, 3.8) is 0 Å². The Hall–Kier alpha value is -1.15.